The summed E-state index contributed by atoms with van der Waals surface area (Å²) in [5.74, 6) is 0. The van der Waals surface area contributed by atoms with Crippen LogP contribution in [-0.2, 0) is 5.41 Å². The first-order valence-corrected chi connectivity index (χ1v) is 6.01. The molecule has 1 fully saturated rings. The molecule has 0 bridgehead atoms. The van der Waals surface area contributed by atoms with Crippen molar-refractivity contribution < 1.29 is 5.11 Å². The fraction of sp³-hybridized carbons (Fsp3) is 0.500. The Morgan fingerprint density at radius 2 is 2.20 bits per heavy atom. The third-order valence-corrected chi connectivity index (χ3v) is 4.28. The van der Waals surface area contributed by atoms with E-state index in [9.17, 15) is 5.11 Å². The summed E-state index contributed by atoms with van der Waals surface area (Å²) in [4.78, 5) is 0. The summed E-state index contributed by atoms with van der Waals surface area (Å²) in [7, 11) is 0. The van der Waals surface area contributed by atoms with Gasteiger partial charge in [-0.25, -0.2) is 0 Å². The van der Waals surface area contributed by atoms with Gasteiger partial charge in [0.15, 0.2) is 0 Å². The average Bonchev–Trinajstić information content (AvgIpc) is 2.17. The van der Waals surface area contributed by atoms with E-state index in [1.807, 2.05) is 0 Å². The van der Waals surface area contributed by atoms with E-state index in [2.05, 4.69) is 41.1 Å². The predicted molar refractivity (Wildman–Crippen MR) is 64.9 cm³/mol. The zero-order chi connectivity index (χ0) is 11.1. The van der Waals surface area contributed by atoms with Crippen LogP contribution in [0.15, 0.2) is 22.7 Å². The van der Waals surface area contributed by atoms with Crippen LogP contribution in [0.4, 0.5) is 0 Å². The fourth-order valence-electron chi connectivity index (χ4n) is 2.29. The van der Waals surface area contributed by atoms with Crippen LogP contribution in [0.5, 0.6) is 0 Å². The van der Waals surface area contributed by atoms with E-state index in [1.165, 1.54) is 11.1 Å². The molecule has 0 amide bonds. The maximum Gasteiger partial charge on any atom is 0.0558 e. The number of hydrogen-bond acceptors (Lipinski definition) is 2. The molecule has 15 heavy (non-hydrogen) atoms. The summed E-state index contributed by atoms with van der Waals surface area (Å²) >= 11 is 3.53. The van der Waals surface area contributed by atoms with E-state index < -0.39 is 0 Å². The minimum Gasteiger partial charge on any atom is -0.393 e. The first kappa shape index (κ1) is 11.1. The Kier molecular flexibility index (Phi) is 2.88. The third-order valence-electron chi connectivity index (χ3n) is 3.43. The van der Waals surface area contributed by atoms with Crippen LogP contribution < -0.4 is 5.73 Å². The van der Waals surface area contributed by atoms with Gasteiger partial charge in [-0.15, -0.1) is 0 Å². The molecule has 0 saturated heterocycles. The van der Waals surface area contributed by atoms with Crippen molar-refractivity contribution in [2.45, 2.75) is 31.3 Å². The highest BCUT2D eigenvalue weighted by Crippen LogP contribution is 2.43. The largest absolute Gasteiger partial charge is 0.393 e. The second kappa shape index (κ2) is 3.89. The average molecular weight is 270 g/mol. The smallest absolute Gasteiger partial charge is 0.0558 e. The van der Waals surface area contributed by atoms with Crippen LogP contribution in [0.2, 0.25) is 0 Å². The molecule has 2 rings (SSSR count). The zero-order valence-electron chi connectivity index (χ0n) is 8.83. The van der Waals surface area contributed by atoms with Gasteiger partial charge in [-0.1, -0.05) is 28.1 Å². The van der Waals surface area contributed by atoms with Crippen LogP contribution in [0.1, 0.15) is 24.0 Å². The molecule has 0 radical (unpaired) electrons. The number of halogens is 1. The maximum absolute atomic E-state index is 9.43. The number of aryl methyl sites for hydroxylation is 1. The lowest BCUT2D eigenvalue weighted by molar-refractivity contribution is 0.0221. The van der Waals surface area contributed by atoms with Crippen molar-refractivity contribution in [1.82, 2.24) is 0 Å². The van der Waals surface area contributed by atoms with Gasteiger partial charge in [0.1, 0.15) is 0 Å². The summed E-state index contributed by atoms with van der Waals surface area (Å²) in [5.41, 5.74) is 8.31. The Hall–Kier alpha value is -0.380. The number of aliphatic hydroxyl groups is 1. The minimum absolute atomic E-state index is 0.00956. The molecule has 0 atom stereocenters. The second-order valence-corrected chi connectivity index (χ2v) is 5.36. The summed E-state index contributed by atoms with van der Waals surface area (Å²) in [6, 6.07) is 6.36. The SMILES string of the molecule is Cc1ccc(C2(CN)CC(O)C2)cc1Br. The van der Waals surface area contributed by atoms with Crippen LogP contribution in [0, 0.1) is 6.92 Å². The van der Waals surface area contributed by atoms with Gasteiger partial charge in [-0.05, 0) is 37.0 Å². The Morgan fingerprint density at radius 3 is 2.67 bits per heavy atom. The van der Waals surface area contributed by atoms with Crippen molar-refractivity contribution in [2.24, 2.45) is 5.73 Å². The van der Waals surface area contributed by atoms with E-state index in [-0.39, 0.29) is 11.5 Å². The minimum atomic E-state index is -0.173. The van der Waals surface area contributed by atoms with Crippen molar-refractivity contribution in [1.29, 1.82) is 0 Å². The number of rotatable bonds is 2. The number of hydrogen-bond donors (Lipinski definition) is 2. The van der Waals surface area contributed by atoms with E-state index in [0.29, 0.717) is 6.54 Å². The molecule has 1 aliphatic rings. The van der Waals surface area contributed by atoms with Gasteiger partial charge in [0, 0.05) is 16.4 Å². The molecule has 0 aliphatic heterocycles. The molecule has 1 aromatic rings. The highest BCUT2D eigenvalue weighted by Gasteiger charge is 2.43. The second-order valence-electron chi connectivity index (χ2n) is 4.51. The fourth-order valence-corrected chi connectivity index (χ4v) is 2.66. The standard InChI is InChI=1S/C12H16BrNO/c1-8-2-3-9(4-11(8)13)12(7-14)5-10(15)6-12/h2-4,10,15H,5-7,14H2,1H3. The van der Waals surface area contributed by atoms with Crippen LogP contribution in [0.25, 0.3) is 0 Å². The Bertz CT molecular complexity index is 372. The normalized spacial score (nSPS) is 30.0. The summed E-state index contributed by atoms with van der Waals surface area (Å²) in [6.07, 6.45) is 1.41. The molecule has 1 aromatic carbocycles. The molecule has 0 spiro atoms. The Labute approximate surface area is 98.6 Å². The van der Waals surface area contributed by atoms with Crippen LogP contribution >= 0.6 is 15.9 Å². The Morgan fingerprint density at radius 1 is 1.53 bits per heavy atom. The van der Waals surface area contributed by atoms with Gasteiger partial charge >= 0.3 is 0 Å². The van der Waals surface area contributed by atoms with Crippen LogP contribution in [-0.4, -0.2) is 17.8 Å². The molecular formula is C12H16BrNO. The molecule has 0 aromatic heterocycles. The molecule has 3 heteroatoms. The lowest BCUT2D eigenvalue weighted by Gasteiger charge is -2.45. The highest BCUT2D eigenvalue weighted by atomic mass is 79.9. The first-order valence-electron chi connectivity index (χ1n) is 5.22. The van der Waals surface area contributed by atoms with Crippen molar-refractivity contribution >= 4 is 15.9 Å². The van der Waals surface area contributed by atoms with Gasteiger partial charge in [-0.3, -0.25) is 0 Å². The zero-order valence-corrected chi connectivity index (χ0v) is 10.4. The first-order chi connectivity index (χ1) is 7.07. The van der Waals surface area contributed by atoms with E-state index in [1.54, 1.807) is 0 Å². The monoisotopic (exact) mass is 269 g/mol. The van der Waals surface area contributed by atoms with Gasteiger partial charge in [0.25, 0.3) is 0 Å². The predicted octanol–water partition coefficient (Wildman–Crippen LogP) is 2.11. The topological polar surface area (TPSA) is 46.2 Å². The van der Waals surface area contributed by atoms with Gasteiger partial charge in [-0.2, -0.15) is 0 Å². The van der Waals surface area contributed by atoms with Crippen molar-refractivity contribution in [2.75, 3.05) is 6.54 Å². The van der Waals surface area contributed by atoms with Crippen LogP contribution in [0.3, 0.4) is 0 Å². The van der Waals surface area contributed by atoms with Crippen molar-refractivity contribution in [3.05, 3.63) is 33.8 Å². The van der Waals surface area contributed by atoms with E-state index in [0.717, 1.165) is 17.3 Å². The number of benzene rings is 1. The molecular weight excluding hydrogens is 254 g/mol. The Balaban J connectivity index is 2.32. The molecule has 1 aliphatic carbocycles. The number of aliphatic hydroxyl groups excluding tert-OH is 1. The third kappa shape index (κ3) is 1.84. The number of nitrogens with two attached hydrogens (primary N) is 1. The van der Waals surface area contributed by atoms with Crippen molar-refractivity contribution in [3.8, 4) is 0 Å². The maximum atomic E-state index is 9.43. The van der Waals surface area contributed by atoms with E-state index in [4.69, 9.17) is 5.73 Å². The summed E-state index contributed by atoms with van der Waals surface area (Å²) in [6.45, 7) is 2.68. The highest BCUT2D eigenvalue weighted by molar-refractivity contribution is 9.10. The quantitative estimate of drug-likeness (QED) is 0.864. The van der Waals surface area contributed by atoms with E-state index >= 15 is 0 Å². The molecule has 0 heterocycles. The van der Waals surface area contributed by atoms with Gasteiger partial charge in [0.05, 0.1) is 6.10 Å². The van der Waals surface area contributed by atoms with Gasteiger partial charge in [0.2, 0.25) is 0 Å². The summed E-state index contributed by atoms with van der Waals surface area (Å²) < 4.78 is 1.12. The molecule has 3 N–H and O–H groups in total. The lowest BCUT2D eigenvalue weighted by Crippen LogP contribution is -2.49. The molecule has 82 valence electrons. The summed E-state index contributed by atoms with van der Waals surface area (Å²) in [5, 5.41) is 9.43. The molecule has 1 saturated carbocycles. The molecule has 2 nitrogen and oxygen atoms in total. The van der Waals surface area contributed by atoms with Crippen molar-refractivity contribution in [3.63, 3.8) is 0 Å². The van der Waals surface area contributed by atoms with Gasteiger partial charge < -0.3 is 10.8 Å². The molecule has 0 unspecified atom stereocenters. The lowest BCUT2D eigenvalue weighted by atomic mass is 9.63.